The predicted molar refractivity (Wildman–Crippen MR) is 71.8 cm³/mol. The zero-order valence-corrected chi connectivity index (χ0v) is 15.1. The van der Waals surface area contributed by atoms with E-state index in [0.717, 1.165) is 5.56 Å². The van der Waals surface area contributed by atoms with Crippen molar-refractivity contribution in [3.8, 4) is 11.8 Å². The summed E-state index contributed by atoms with van der Waals surface area (Å²) in [6.07, 6.45) is 0.367. The van der Waals surface area contributed by atoms with Gasteiger partial charge in [-0.2, -0.15) is 30.3 Å². The Balaban J connectivity index is 0.000000715. The topological polar surface area (TPSA) is 101 Å². The van der Waals surface area contributed by atoms with Crippen LogP contribution in [0, 0.1) is 17.9 Å². The van der Waals surface area contributed by atoms with Crippen molar-refractivity contribution in [2.45, 2.75) is 12.0 Å². The molecule has 21 heavy (non-hydrogen) atoms. The molecular formula is C13H15BKNO5. The molecule has 4 N–H and O–H groups in total. The summed E-state index contributed by atoms with van der Waals surface area (Å²) in [5, 5.41) is 31.5. The molecule has 106 valence electrons. The van der Waals surface area contributed by atoms with E-state index in [1.807, 2.05) is 12.1 Å². The fourth-order valence-electron chi connectivity index (χ4n) is 1.62. The molecule has 1 saturated heterocycles. The van der Waals surface area contributed by atoms with Crippen molar-refractivity contribution in [3.05, 3.63) is 35.9 Å². The summed E-state index contributed by atoms with van der Waals surface area (Å²) in [6, 6.07) is 10.0. The second-order valence-corrected chi connectivity index (χ2v) is 4.23. The quantitative estimate of drug-likeness (QED) is 0.219. The molecule has 1 aliphatic rings. The van der Waals surface area contributed by atoms with Gasteiger partial charge in [0.15, 0.2) is 0 Å². The van der Waals surface area contributed by atoms with Crippen LogP contribution in [-0.2, 0) is 4.79 Å². The number of amides is 1. The first-order valence-corrected chi connectivity index (χ1v) is 5.86. The van der Waals surface area contributed by atoms with Crippen LogP contribution >= 0.6 is 0 Å². The molecule has 0 aromatic heterocycles. The molecule has 0 spiro atoms. The molecule has 0 aliphatic carbocycles. The number of benzene rings is 1. The van der Waals surface area contributed by atoms with E-state index >= 15 is 0 Å². The fourth-order valence-corrected chi connectivity index (χ4v) is 1.62. The first kappa shape index (κ1) is 20.8. The van der Waals surface area contributed by atoms with Crippen LogP contribution < -0.4 is 51.4 Å². The number of hydrogen-bond acceptors (Lipinski definition) is 5. The Morgan fingerprint density at radius 3 is 2.48 bits per heavy atom. The van der Waals surface area contributed by atoms with Gasteiger partial charge in [0.25, 0.3) is 5.91 Å². The molecule has 8 heteroatoms. The van der Waals surface area contributed by atoms with E-state index in [4.69, 9.17) is 15.1 Å². The molecule has 1 amide bonds. The van der Waals surface area contributed by atoms with Crippen LogP contribution in [0.1, 0.15) is 12.0 Å². The third kappa shape index (κ3) is 7.06. The number of likely N-dealkylation sites (N-methyl/N-ethyl adjacent to an activating group) is 1. The van der Waals surface area contributed by atoms with Gasteiger partial charge in [-0.15, -0.1) is 5.92 Å². The van der Waals surface area contributed by atoms with Gasteiger partial charge in [-0.05, 0) is 0 Å². The molecule has 1 aromatic rings. The van der Waals surface area contributed by atoms with Gasteiger partial charge in [-0.3, -0.25) is 4.79 Å². The third-order valence-corrected chi connectivity index (χ3v) is 2.63. The fraction of sp³-hybridized carbons (Fsp3) is 0.308. The molecule has 1 aromatic carbocycles. The minimum Gasteiger partial charge on any atom is -0.402 e. The summed E-state index contributed by atoms with van der Waals surface area (Å²) in [4.78, 5) is 13.1. The van der Waals surface area contributed by atoms with Crippen LogP contribution in [0.25, 0.3) is 0 Å². The third-order valence-electron chi connectivity index (χ3n) is 2.63. The van der Waals surface area contributed by atoms with Gasteiger partial charge >= 0.3 is 58.7 Å². The second-order valence-electron chi connectivity index (χ2n) is 4.23. The van der Waals surface area contributed by atoms with Crippen molar-refractivity contribution in [1.82, 2.24) is 4.90 Å². The zero-order valence-electron chi connectivity index (χ0n) is 11.9. The summed E-state index contributed by atoms with van der Waals surface area (Å²) in [5.41, 5.74) is -0.761. The SMILES string of the molecule is CN1CCC(O)(C#Cc2c[c-]ccc2)C1=O.OB(O)O.[K+]. The standard InChI is InChI=1S/C13H12NO2.BH3O3.K/c1-14-10-9-13(16,12(14)15)8-7-11-5-3-2-4-6-11;2-1(3)4;/h2-3,5-6,16H,9-10H2,1H3;2-4H;/q-1;;+1. The number of nitrogens with zero attached hydrogens (tertiary/aromatic N) is 1. The second kappa shape index (κ2) is 9.74. The predicted octanol–water partition coefficient (Wildman–Crippen LogP) is -4.62. The van der Waals surface area contributed by atoms with Crippen molar-refractivity contribution < 1.29 is 76.4 Å². The Hall–Kier alpha value is -0.209. The smallest absolute Gasteiger partial charge is 0.402 e. The number of carbonyl (C=O) groups is 1. The average molecular weight is 315 g/mol. The van der Waals surface area contributed by atoms with Crippen LogP contribution in [0.3, 0.4) is 0 Å². The van der Waals surface area contributed by atoms with Crippen molar-refractivity contribution >= 4 is 13.2 Å². The zero-order chi connectivity index (χ0) is 15.2. The van der Waals surface area contributed by atoms with Gasteiger partial charge in [0.05, 0.1) is 0 Å². The maximum atomic E-state index is 11.6. The van der Waals surface area contributed by atoms with Gasteiger partial charge in [-0.1, -0.05) is 11.5 Å². The van der Waals surface area contributed by atoms with E-state index in [0.29, 0.717) is 13.0 Å². The molecule has 6 nitrogen and oxygen atoms in total. The van der Waals surface area contributed by atoms with Gasteiger partial charge in [-0.25, -0.2) is 0 Å². The number of carbonyl (C=O) groups excluding carboxylic acids is 1. The molecule has 2 rings (SSSR count). The van der Waals surface area contributed by atoms with Crippen molar-refractivity contribution in [2.75, 3.05) is 13.6 Å². The first-order chi connectivity index (χ1) is 9.35. The molecule has 0 bridgehead atoms. The van der Waals surface area contributed by atoms with Gasteiger partial charge in [0.2, 0.25) is 5.60 Å². The molecule has 0 saturated carbocycles. The Morgan fingerprint density at radius 2 is 2.05 bits per heavy atom. The monoisotopic (exact) mass is 315 g/mol. The maximum absolute atomic E-state index is 11.6. The number of likely N-dealkylation sites (tertiary alicyclic amines) is 1. The summed E-state index contributed by atoms with van der Waals surface area (Å²) in [6.45, 7) is 0.547. The van der Waals surface area contributed by atoms with Crippen LogP contribution in [0.5, 0.6) is 0 Å². The molecular weight excluding hydrogens is 300 g/mol. The maximum Gasteiger partial charge on any atom is 1.00 e. The van der Waals surface area contributed by atoms with E-state index in [1.54, 1.807) is 19.2 Å². The molecule has 1 aliphatic heterocycles. The molecule has 1 fully saturated rings. The van der Waals surface area contributed by atoms with Crippen LogP contribution in [-0.4, -0.2) is 57.5 Å². The summed E-state index contributed by atoms with van der Waals surface area (Å²) >= 11 is 0. The molecule has 1 unspecified atom stereocenters. The minimum absolute atomic E-state index is 0. The summed E-state index contributed by atoms with van der Waals surface area (Å²) in [5.74, 6) is 5.13. The Labute approximate surface area is 166 Å². The van der Waals surface area contributed by atoms with E-state index in [2.05, 4.69) is 17.9 Å². The van der Waals surface area contributed by atoms with Gasteiger partial charge in [0.1, 0.15) is 0 Å². The van der Waals surface area contributed by atoms with Gasteiger partial charge < -0.3 is 25.1 Å². The van der Waals surface area contributed by atoms with E-state index in [9.17, 15) is 9.90 Å². The number of aliphatic hydroxyl groups is 1. The van der Waals surface area contributed by atoms with Crippen LogP contribution in [0.15, 0.2) is 24.3 Å². The van der Waals surface area contributed by atoms with Crippen molar-refractivity contribution in [3.63, 3.8) is 0 Å². The Bertz CT molecular complexity index is 514. The summed E-state index contributed by atoms with van der Waals surface area (Å²) in [7, 11) is -0.502. The Morgan fingerprint density at radius 1 is 1.43 bits per heavy atom. The molecule has 1 atom stereocenters. The summed E-state index contributed by atoms with van der Waals surface area (Å²) < 4.78 is 0. The normalized spacial score (nSPS) is 19.7. The van der Waals surface area contributed by atoms with E-state index < -0.39 is 12.9 Å². The molecule has 1 heterocycles. The number of hydrogen-bond donors (Lipinski definition) is 4. The van der Waals surface area contributed by atoms with E-state index in [-0.39, 0.29) is 57.3 Å². The van der Waals surface area contributed by atoms with Crippen LogP contribution in [0.4, 0.5) is 0 Å². The van der Waals surface area contributed by atoms with E-state index in [1.165, 1.54) is 4.90 Å². The first-order valence-electron chi connectivity index (χ1n) is 5.86. The molecule has 0 radical (unpaired) electrons. The largest absolute Gasteiger partial charge is 1.00 e. The van der Waals surface area contributed by atoms with Crippen molar-refractivity contribution in [2.24, 2.45) is 0 Å². The number of rotatable bonds is 0. The Kier molecular flexibility index (Phi) is 9.64. The van der Waals surface area contributed by atoms with Crippen molar-refractivity contribution in [1.29, 1.82) is 0 Å². The van der Waals surface area contributed by atoms with Crippen LogP contribution in [0.2, 0.25) is 0 Å². The van der Waals surface area contributed by atoms with Gasteiger partial charge in [0, 0.05) is 20.0 Å². The minimum atomic E-state index is -2.17. The average Bonchev–Trinajstić information content (AvgIpc) is 2.66.